The van der Waals surface area contributed by atoms with Gasteiger partial charge in [0.1, 0.15) is 0 Å². The van der Waals surface area contributed by atoms with E-state index in [1.54, 1.807) is 21.3 Å². The predicted octanol–water partition coefficient (Wildman–Crippen LogP) is 1.94. The van der Waals surface area contributed by atoms with Gasteiger partial charge in [0, 0.05) is 12.5 Å². The molecule has 1 aliphatic rings. The van der Waals surface area contributed by atoms with Crippen LogP contribution < -0.4 is 24.8 Å². The van der Waals surface area contributed by atoms with Crippen molar-refractivity contribution in [2.24, 2.45) is 0 Å². The van der Waals surface area contributed by atoms with Crippen molar-refractivity contribution in [3.8, 4) is 17.2 Å². The van der Waals surface area contributed by atoms with Gasteiger partial charge in [0.05, 0.1) is 21.3 Å². The fourth-order valence-corrected chi connectivity index (χ4v) is 2.87. The number of ether oxygens (including phenoxy) is 3. The molecule has 1 fully saturated rings. The summed E-state index contributed by atoms with van der Waals surface area (Å²) in [5, 5.41) is 6.39. The summed E-state index contributed by atoms with van der Waals surface area (Å²) < 4.78 is 16.1. The molecule has 0 aliphatic carbocycles. The monoisotopic (exact) mass is 358 g/mol. The maximum Gasteiger partial charge on any atom is 0.220 e. The Balaban J connectivity index is 0.00000288. The van der Waals surface area contributed by atoms with Crippen molar-refractivity contribution in [2.75, 3.05) is 34.4 Å². The Morgan fingerprint density at radius 1 is 1.12 bits per heavy atom. The van der Waals surface area contributed by atoms with E-state index in [1.165, 1.54) is 0 Å². The average molecular weight is 359 g/mol. The van der Waals surface area contributed by atoms with Gasteiger partial charge in [-0.15, -0.1) is 12.4 Å². The minimum absolute atomic E-state index is 0. The van der Waals surface area contributed by atoms with Gasteiger partial charge in [-0.2, -0.15) is 0 Å². The van der Waals surface area contributed by atoms with Crippen molar-refractivity contribution in [3.05, 3.63) is 17.7 Å². The molecule has 0 aromatic heterocycles. The summed E-state index contributed by atoms with van der Waals surface area (Å²) >= 11 is 0. The Morgan fingerprint density at radius 2 is 1.79 bits per heavy atom. The normalized spacial score (nSPS) is 14.5. The minimum Gasteiger partial charge on any atom is -0.493 e. The Kier molecular flexibility index (Phi) is 8.71. The zero-order chi connectivity index (χ0) is 16.7. The van der Waals surface area contributed by atoms with Crippen LogP contribution in [0.25, 0.3) is 0 Å². The largest absolute Gasteiger partial charge is 0.493 e. The summed E-state index contributed by atoms with van der Waals surface area (Å²) in [4.78, 5) is 12.1. The number of methoxy groups -OCH3 is 3. The van der Waals surface area contributed by atoms with Crippen LogP contribution in [0.4, 0.5) is 0 Å². The fourth-order valence-electron chi connectivity index (χ4n) is 2.87. The molecular formula is C17H27ClN2O4. The summed E-state index contributed by atoms with van der Waals surface area (Å²) in [5.41, 5.74) is 0.936. The SMILES string of the molecule is COc1ccc(CCC(=O)NC2CCNCC2)c(OC)c1OC.Cl. The number of rotatable bonds is 7. The van der Waals surface area contributed by atoms with Crippen LogP contribution in [0.1, 0.15) is 24.8 Å². The summed E-state index contributed by atoms with van der Waals surface area (Å²) in [6.07, 6.45) is 3.01. The number of amides is 1. The highest BCUT2D eigenvalue weighted by Crippen LogP contribution is 2.40. The second-order valence-electron chi connectivity index (χ2n) is 5.59. The molecule has 0 radical (unpaired) electrons. The van der Waals surface area contributed by atoms with Gasteiger partial charge in [0.25, 0.3) is 0 Å². The van der Waals surface area contributed by atoms with Crippen molar-refractivity contribution in [3.63, 3.8) is 0 Å². The highest BCUT2D eigenvalue weighted by Gasteiger charge is 2.18. The lowest BCUT2D eigenvalue weighted by atomic mass is 10.0. The van der Waals surface area contributed by atoms with E-state index in [0.717, 1.165) is 31.5 Å². The number of carbonyl (C=O) groups excluding carboxylic acids is 1. The maximum absolute atomic E-state index is 12.1. The molecular weight excluding hydrogens is 332 g/mol. The van der Waals surface area contributed by atoms with Gasteiger partial charge >= 0.3 is 0 Å². The number of hydrogen-bond acceptors (Lipinski definition) is 5. The molecule has 2 N–H and O–H groups in total. The third kappa shape index (κ3) is 5.18. The lowest BCUT2D eigenvalue weighted by Crippen LogP contribution is -2.42. The van der Waals surface area contributed by atoms with E-state index in [2.05, 4.69) is 10.6 Å². The Labute approximate surface area is 149 Å². The molecule has 24 heavy (non-hydrogen) atoms. The zero-order valence-electron chi connectivity index (χ0n) is 14.5. The molecule has 0 bridgehead atoms. The van der Waals surface area contributed by atoms with E-state index in [9.17, 15) is 4.79 Å². The second-order valence-corrected chi connectivity index (χ2v) is 5.59. The number of aryl methyl sites for hydroxylation is 1. The van der Waals surface area contributed by atoms with Gasteiger partial charge in [-0.05, 0) is 44.0 Å². The van der Waals surface area contributed by atoms with E-state index < -0.39 is 0 Å². The number of nitrogens with one attached hydrogen (secondary N) is 2. The molecule has 1 aliphatic heterocycles. The molecule has 1 amide bonds. The third-order valence-corrected chi connectivity index (χ3v) is 4.11. The maximum atomic E-state index is 12.1. The van der Waals surface area contributed by atoms with Crippen LogP contribution in [0, 0.1) is 0 Å². The first-order chi connectivity index (χ1) is 11.2. The van der Waals surface area contributed by atoms with Crippen LogP contribution >= 0.6 is 12.4 Å². The molecule has 1 aromatic carbocycles. The van der Waals surface area contributed by atoms with Crippen LogP contribution in [-0.2, 0) is 11.2 Å². The summed E-state index contributed by atoms with van der Waals surface area (Å²) in [7, 11) is 4.76. The number of carbonyl (C=O) groups is 1. The first kappa shape index (κ1) is 20.4. The molecule has 1 heterocycles. The van der Waals surface area contributed by atoms with Crippen LogP contribution in [0.3, 0.4) is 0 Å². The smallest absolute Gasteiger partial charge is 0.220 e. The van der Waals surface area contributed by atoms with E-state index in [1.807, 2.05) is 12.1 Å². The summed E-state index contributed by atoms with van der Waals surface area (Å²) in [6.45, 7) is 1.93. The quantitative estimate of drug-likeness (QED) is 0.779. The Hall–Kier alpha value is -1.66. The van der Waals surface area contributed by atoms with Crippen molar-refractivity contribution in [2.45, 2.75) is 31.7 Å². The van der Waals surface area contributed by atoms with Crippen LogP contribution in [0.2, 0.25) is 0 Å². The Bertz CT molecular complexity index is 534. The molecule has 0 atom stereocenters. The number of benzene rings is 1. The first-order valence-corrected chi connectivity index (χ1v) is 7.97. The third-order valence-electron chi connectivity index (χ3n) is 4.11. The van der Waals surface area contributed by atoms with Crippen LogP contribution in [0.5, 0.6) is 17.2 Å². The van der Waals surface area contributed by atoms with Crippen LogP contribution in [0.15, 0.2) is 12.1 Å². The molecule has 136 valence electrons. The molecule has 6 nitrogen and oxygen atoms in total. The Morgan fingerprint density at radius 3 is 2.38 bits per heavy atom. The summed E-state index contributed by atoms with van der Waals surface area (Å²) in [5.74, 6) is 1.88. The van der Waals surface area contributed by atoms with Gasteiger partial charge < -0.3 is 24.8 Å². The lowest BCUT2D eigenvalue weighted by molar-refractivity contribution is -0.121. The van der Waals surface area contributed by atoms with E-state index in [-0.39, 0.29) is 24.4 Å². The fraction of sp³-hybridized carbons (Fsp3) is 0.588. The van der Waals surface area contributed by atoms with Gasteiger partial charge in [0.15, 0.2) is 11.5 Å². The number of halogens is 1. The predicted molar refractivity (Wildman–Crippen MR) is 95.7 cm³/mol. The van der Waals surface area contributed by atoms with Crippen molar-refractivity contribution < 1.29 is 19.0 Å². The topological polar surface area (TPSA) is 68.8 Å². The average Bonchev–Trinajstić information content (AvgIpc) is 2.59. The standard InChI is InChI=1S/C17H26N2O4.ClH/c1-21-14-6-4-12(16(22-2)17(14)23-3)5-7-15(20)19-13-8-10-18-11-9-13;/h4,6,13,18H,5,7-11H2,1-3H3,(H,19,20);1H. The highest BCUT2D eigenvalue weighted by atomic mass is 35.5. The van der Waals surface area contributed by atoms with E-state index in [0.29, 0.717) is 30.1 Å². The van der Waals surface area contributed by atoms with Gasteiger partial charge in [-0.3, -0.25) is 4.79 Å². The molecule has 1 aromatic rings. The van der Waals surface area contributed by atoms with Crippen LogP contribution in [-0.4, -0.2) is 46.4 Å². The first-order valence-electron chi connectivity index (χ1n) is 7.97. The zero-order valence-corrected chi connectivity index (χ0v) is 15.3. The number of hydrogen-bond donors (Lipinski definition) is 2. The number of piperidine rings is 1. The summed E-state index contributed by atoms with van der Waals surface area (Å²) in [6, 6.07) is 4.04. The van der Waals surface area contributed by atoms with Gasteiger partial charge in [-0.1, -0.05) is 6.07 Å². The lowest BCUT2D eigenvalue weighted by Gasteiger charge is -2.23. The van der Waals surface area contributed by atoms with Crippen molar-refractivity contribution in [1.82, 2.24) is 10.6 Å². The van der Waals surface area contributed by atoms with Gasteiger partial charge in [-0.25, -0.2) is 0 Å². The molecule has 1 saturated heterocycles. The molecule has 0 saturated carbocycles. The van der Waals surface area contributed by atoms with E-state index in [4.69, 9.17) is 14.2 Å². The van der Waals surface area contributed by atoms with Crippen molar-refractivity contribution in [1.29, 1.82) is 0 Å². The van der Waals surface area contributed by atoms with Crippen molar-refractivity contribution >= 4 is 18.3 Å². The van der Waals surface area contributed by atoms with E-state index >= 15 is 0 Å². The second kappa shape index (κ2) is 10.3. The highest BCUT2D eigenvalue weighted by molar-refractivity contribution is 5.85. The van der Waals surface area contributed by atoms with Gasteiger partial charge in [0.2, 0.25) is 11.7 Å². The molecule has 0 spiro atoms. The molecule has 0 unspecified atom stereocenters. The molecule has 7 heteroatoms. The minimum atomic E-state index is 0. The molecule has 2 rings (SSSR count).